The van der Waals surface area contributed by atoms with E-state index in [-0.39, 0.29) is 31.9 Å². The largest absolute Gasteiger partial charge is 0.481 e. The van der Waals surface area contributed by atoms with Gasteiger partial charge in [-0.1, -0.05) is 5.92 Å². The maximum absolute atomic E-state index is 12.7. The fourth-order valence-corrected chi connectivity index (χ4v) is 2.88. The highest BCUT2D eigenvalue weighted by atomic mass is 16.6. The predicted octanol–water partition coefficient (Wildman–Crippen LogP) is 1.63. The zero-order valence-corrected chi connectivity index (χ0v) is 15.8. The lowest BCUT2D eigenvalue weighted by Gasteiger charge is -2.25. The van der Waals surface area contributed by atoms with Crippen LogP contribution in [0.5, 0.6) is 5.75 Å². The molecule has 1 aromatic carbocycles. The van der Waals surface area contributed by atoms with Gasteiger partial charge in [0.15, 0.2) is 0 Å². The number of amides is 2. The Morgan fingerprint density at radius 3 is 2.67 bits per heavy atom. The van der Waals surface area contributed by atoms with Crippen LogP contribution in [-0.2, 0) is 20.9 Å². The number of terminal acetylenes is 1. The van der Waals surface area contributed by atoms with Crippen LogP contribution in [-0.4, -0.2) is 40.9 Å². The predicted molar refractivity (Wildman–Crippen MR) is 98.7 cm³/mol. The van der Waals surface area contributed by atoms with Gasteiger partial charge in [0.1, 0.15) is 24.0 Å². The van der Waals surface area contributed by atoms with Gasteiger partial charge >= 0.3 is 5.97 Å². The third-order valence-corrected chi connectivity index (χ3v) is 3.98. The first-order chi connectivity index (χ1) is 12.6. The number of benzene rings is 1. The Bertz CT molecular complexity index is 789. The zero-order valence-electron chi connectivity index (χ0n) is 15.8. The third kappa shape index (κ3) is 5.23. The van der Waals surface area contributed by atoms with E-state index in [1.807, 2.05) is 0 Å². The molecule has 2 N–H and O–H groups in total. The Balaban J connectivity index is 2.09. The molecule has 7 nitrogen and oxygen atoms in total. The van der Waals surface area contributed by atoms with Crippen LogP contribution in [0.4, 0.5) is 0 Å². The molecule has 2 amide bonds. The van der Waals surface area contributed by atoms with Crippen LogP contribution in [0.3, 0.4) is 0 Å². The summed E-state index contributed by atoms with van der Waals surface area (Å²) in [7, 11) is 0. The maximum atomic E-state index is 12.7. The van der Waals surface area contributed by atoms with E-state index in [9.17, 15) is 14.4 Å². The Labute approximate surface area is 158 Å². The van der Waals surface area contributed by atoms with E-state index >= 15 is 0 Å². The van der Waals surface area contributed by atoms with Crippen molar-refractivity contribution >= 4 is 17.8 Å². The van der Waals surface area contributed by atoms with Gasteiger partial charge in [0, 0.05) is 18.5 Å². The number of hydrogen-bond donors (Lipinski definition) is 1. The molecule has 1 aliphatic rings. The second kappa shape index (κ2) is 8.12. The molecular formula is C20H24N2O5. The van der Waals surface area contributed by atoms with E-state index in [0.29, 0.717) is 11.3 Å². The third-order valence-electron chi connectivity index (χ3n) is 3.98. The van der Waals surface area contributed by atoms with Crippen molar-refractivity contribution in [1.82, 2.24) is 4.90 Å². The fourth-order valence-electron chi connectivity index (χ4n) is 2.88. The van der Waals surface area contributed by atoms with Gasteiger partial charge in [0.05, 0.1) is 0 Å². The summed E-state index contributed by atoms with van der Waals surface area (Å²) >= 11 is 0. The van der Waals surface area contributed by atoms with Crippen molar-refractivity contribution in [2.24, 2.45) is 5.73 Å². The molecule has 0 aromatic heterocycles. The van der Waals surface area contributed by atoms with Crippen molar-refractivity contribution in [3.63, 3.8) is 0 Å². The molecular weight excluding hydrogens is 348 g/mol. The van der Waals surface area contributed by atoms with Gasteiger partial charge in [0.2, 0.25) is 5.91 Å². The maximum Gasteiger partial charge on any atom is 0.306 e. The van der Waals surface area contributed by atoms with E-state index in [1.165, 1.54) is 4.90 Å². The lowest BCUT2D eigenvalue weighted by atomic mass is 10.1. The van der Waals surface area contributed by atoms with Crippen LogP contribution in [0.25, 0.3) is 0 Å². The minimum absolute atomic E-state index is 0.0124. The minimum atomic E-state index is -0.896. The number of primary amides is 1. The van der Waals surface area contributed by atoms with Gasteiger partial charge in [-0.2, -0.15) is 0 Å². The molecule has 0 fully saturated rings. The first-order valence-electron chi connectivity index (χ1n) is 8.63. The summed E-state index contributed by atoms with van der Waals surface area (Å²) in [6.07, 6.45) is 5.27. The van der Waals surface area contributed by atoms with E-state index in [1.54, 1.807) is 39.0 Å². The SMILES string of the molecule is C#CCOc1ccc2c(c1)CN([C@@H](CCC(=O)OC(C)(C)C)C(N)=O)C2=O. The number of hydrogen-bond acceptors (Lipinski definition) is 5. The number of esters is 1. The number of rotatable bonds is 7. The Morgan fingerprint density at radius 1 is 1.37 bits per heavy atom. The van der Waals surface area contributed by atoms with Crippen LogP contribution in [0.2, 0.25) is 0 Å². The average Bonchev–Trinajstić information content (AvgIpc) is 2.87. The van der Waals surface area contributed by atoms with Gasteiger partial charge in [-0.05, 0) is 51.0 Å². The Kier molecular flexibility index (Phi) is 6.11. The van der Waals surface area contributed by atoms with Gasteiger partial charge in [-0.3, -0.25) is 14.4 Å². The minimum Gasteiger partial charge on any atom is -0.481 e. The smallest absolute Gasteiger partial charge is 0.306 e. The molecule has 0 spiro atoms. The molecule has 0 saturated carbocycles. The van der Waals surface area contributed by atoms with Crippen LogP contribution in [0.1, 0.15) is 49.5 Å². The first kappa shape index (κ1) is 20.3. The van der Waals surface area contributed by atoms with Crippen molar-refractivity contribution in [3.05, 3.63) is 29.3 Å². The molecule has 27 heavy (non-hydrogen) atoms. The second-order valence-corrected chi connectivity index (χ2v) is 7.29. The second-order valence-electron chi connectivity index (χ2n) is 7.29. The molecule has 0 radical (unpaired) electrons. The van der Waals surface area contributed by atoms with Crippen LogP contribution in [0.15, 0.2) is 18.2 Å². The number of fused-ring (bicyclic) bond motifs is 1. The van der Waals surface area contributed by atoms with Crippen molar-refractivity contribution in [2.45, 2.75) is 51.8 Å². The van der Waals surface area contributed by atoms with E-state index in [4.69, 9.17) is 21.6 Å². The molecule has 1 aliphatic heterocycles. The number of nitrogens with zero attached hydrogens (tertiary/aromatic N) is 1. The summed E-state index contributed by atoms with van der Waals surface area (Å²) < 4.78 is 10.6. The van der Waals surface area contributed by atoms with Gasteiger partial charge in [-0.15, -0.1) is 6.42 Å². The van der Waals surface area contributed by atoms with Crippen LogP contribution >= 0.6 is 0 Å². The van der Waals surface area contributed by atoms with Gasteiger partial charge < -0.3 is 20.1 Å². The lowest BCUT2D eigenvalue weighted by Crippen LogP contribution is -2.45. The van der Waals surface area contributed by atoms with Crippen LogP contribution in [0, 0.1) is 12.3 Å². The molecule has 144 valence electrons. The average molecular weight is 372 g/mol. The Hall–Kier alpha value is -3.01. The van der Waals surface area contributed by atoms with Gasteiger partial charge in [0.25, 0.3) is 5.91 Å². The first-order valence-corrected chi connectivity index (χ1v) is 8.63. The highest BCUT2D eigenvalue weighted by Crippen LogP contribution is 2.29. The molecule has 1 atom stereocenters. The van der Waals surface area contributed by atoms with Crippen molar-refractivity contribution in [1.29, 1.82) is 0 Å². The van der Waals surface area contributed by atoms with E-state index < -0.39 is 23.5 Å². The molecule has 0 aliphatic carbocycles. The number of ether oxygens (including phenoxy) is 2. The summed E-state index contributed by atoms with van der Waals surface area (Å²) in [6.45, 7) is 5.62. The van der Waals surface area contributed by atoms with E-state index in [0.717, 1.165) is 5.56 Å². The molecule has 1 heterocycles. The van der Waals surface area contributed by atoms with Gasteiger partial charge in [-0.25, -0.2) is 0 Å². The number of nitrogens with two attached hydrogens (primary N) is 1. The topological polar surface area (TPSA) is 98.9 Å². The lowest BCUT2D eigenvalue weighted by molar-refractivity contribution is -0.155. The van der Waals surface area contributed by atoms with Crippen molar-refractivity contribution in [3.8, 4) is 18.1 Å². The highest BCUT2D eigenvalue weighted by Gasteiger charge is 2.36. The summed E-state index contributed by atoms with van der Waals surface area (Å²) in [5, 5.41) is 0. The molecule has 0 bridgehead atoms. The summed E-state index contributed by atoms with van der Waals surface area (Å²) in [5.41, 5.74) is 6.07. The monoisotopic (exact) mass is 372 g/mol. The summed E-state index contributed by atoms with van der Waals surface area (Å²) in [4.78, 5) is 37.9. The van der Waals surface area contributed by atoms with E-state index in [2.05, 4.69) is 5.92 Å². The standard InChI is InChI=1S/C20H24N2O5/c1-5-10-26-14-6-7-15-13(11-14)12-22(19(15)25)16(18(21)24)8-9-17(23)27-20(2,3)4/h1,6-7,11,16H,8-10,12H2,2-4H3,(H2,21,24)/t16-/m0/s1. The zero-order chi connectivity index (χ0) is 20.2. The molecule has 2 rings (SSSR count). The Morgan fingerprint density at radius 2 is 2.07 bits per heavy atom. The highest BCUT2D eigenvalue weighted by molar-refractivity contribution is 6.01. The number of carbonyl (C=O) groups is 3. The van der Waals surface area contributed by atoms with Crippen molar-refractivity contribution < 1.29 is 23.9 Å². The number of carbonyl (C=O) groups excluding carboxylic acids is 3. The van der Waals surface area contributed by atoms with Crippen LogP contribution < -0.4 is 10.5 Å². The molecule has 7 heteroatoms. The van der Waals surface area contributed by atoms with Crippen molar-refractivity contribution in [2.75, 3.05) is 6.61 Å². The molecule has 0 unspecified atom stereocenters. The summed E-state index contributed by atoms with van der Waals surface area (Å²) in [6, 6.07) is 4.11. The normalized spacial score (nSPS) is 14.3. The molecule has 1 aromatic rings. The fraction of sp³-hybridized carbons (Fsp3) is 0.450. The molecule has 0 saturated heterocycles. The quantitative estimate of drug-likeness (QED) is 0.579. The summed E-state index contributed by atoms with van der Waals surface area (Å²) in [5.74, 6) is 1.51.